The van der Waals surface area contributed by atoms with Crippen LogP contribution in [0.25, 0.3) is 0 Å². The molecule has 1 saturated heterocycles. The predicted octanol–water partition coefficient (Wildman–Crippen LogP) is 1.19. The third kappa shape index (κ3) is 4.74. The summed E-state index contributed by atoms with van der Waals surface area (Å²) >= 11 is 1.79. The minimum atomic E-state index is 0. The molecular weight excluding hydrogens is 293 g/mol. The van der Waals surface area contributed by atoms with Crippen LogP contribution in [0.1, 0.15) is 4.88 Å². The second-order valence-corrected chi connectivity index (χ2v) is 4.97. The lowest BCUT2D eigenvalue weighted by atomic mass is 10.3. The van der Waals surface area contributed by atoms with Crippen LogP contribution >= 0.6 is 36.2 Å². The summed E-state index contributed by atoms with van der Waals surface area (Å²) in [4.78, 5) is 17.0. The molecule has 1 aliphatic rings. The third-order valence-electron chi connectivity index (χ3n) is 2.86. The van der Waals surface area contributed by atoms with E-state index in [1.807, 2.05) is 4.90 Å². The summed E-state index contributed by atoms with van der Waals surface area (Å²) in [6.07, 6.45) is 0. The summed E-state index contributed by atoms with van der Waals surface area (Å²) in [6.45, 7) is 4.64. The van der Waals surface area contributed by atoms with Gasteiger partial charge in [-0.3, -0.25) is 9.69 Å². The van der Waals surface area contributed by atoms with Crippen LogP contribution in [0.15, 0.2) is 17.5 Å². The van der Waals surface area contributed by atoms with Crippen LogP contribution in [-0.4, -0.2) is 48.4 Å². The molecule has 0 spiro atoms. The molecule has 0 unspecified atom stereocenters. The quantitative estimate of drug-likeness (QED) is 0.912. The second-order valence-electron chi connectivity index (χ2n) is 3.94. The zero-order valence-electron chi connectivity index (χ0n) is 10.1. The van der Waals surface area contributed by atoms with Crippen molar-refractivity contribution in [2.75, 3.05) is 32.7 Å². The monoisotopic (exact) mass is 311 g/mol. The van der Waals surface area contributed by atoms with Crippen LogP contribution in [0.5, 0.6) is 0 Å². The van der Waals surface area contributed by atoms with Gasteiger partial charge in [0.2, 0.25) is 5.91 Å². The fourth-order valence-electron chi connectivity index (χ4n) is 1.91. The zero-order valence-corrected chi connectivity index (χ0v) is 12.5. The summed E-state index contributed by atoms with van der Waals surface area (Å²) < 4.78 is 0. The highest BCUT2D eigenvalue weighted by atomic mass is 35.5. The molecule has 0 aliphatic carbocycles. The van der Waals surface area contributed by atoms with E-state index >= 15 is 0 Å². The molecule has 0 aromatic carbocycles. The standard InChI is InChI=1S/C11H17N3OS.2ClH/c12-8-11(15)14-5-3-13(4-6-14)9-10-2-1-7-16-10;;/h1-2,7H,3-6,8-9,12H2;2*1H. The smallest absolute Gasteiger partial charge is 0.236 e. The van der Waals surface area contributed by atoms with E-state index in [2.05, 4.69) is 22.4 Å². The van der Waals surface area contributed by atoms with Crippen LogP contribution in [0.3, 0.4) is 0 Å². The first-order valence-electron chi connectivity index (χ1n) is 5.52. The Balaban J connectivity index is 0.00000144. The Morgan fingerprint density at radius 3 is 2.44 bits per heavy atom. The van der Waals surface area contributed by atoms with E-state index < -0.39 is 0 Å². The lowest BCUT2D eigenvalue weighted by molar-refractivity contribution is -0.131. The van der Waals surface area contributed by atoms with Crippen LogP contribution < -0.4 is 5.73 Å². The van der Waals surface area contributed by atoms with Gasteiger partial charge in [-0.1, -0.05) is 6.07 Å². The molecular formula is C11H19Cl2N3OS. The van der Waals surface area contributed by atoms with Gasteiger partial charge < -0.3 is 10.6 Å². The van der Waals surface area contributed by atoms with Gasteiger partial charge in [-0.2, -0.15) is 0 Å². The van der Waals surface area contributed by atoms with Crippen molar-refractivity contribution in [3.05, 3.63) is 22.4 Å². The molecule has 2 heterocycles. The first-order chi connectivity index (χ1) is 7.79. The van der Waals surface area contributed by atoms with Crippen molar-refractivity contribution in [2.24, 2.45) is 5.73 Å². The van der Waals surface area contributed by atoms with Gasteiger partial charge >= 0.3 is 0 Å². The fourth-order valence-corrected chi connectivity index (χ4v) is 2.65. The molecule has 1 aromatic heterocycles. The molecule has 4 nitrogen and oxygen atoms in total. The Bertz CT molecular complexity index is 340. The molecule has 7 heteroatoms. The van der Waals surface area contributed by atoms with Crippen LogP contribution in [0.2, 0.25) is 0 Å². The van der Waals surface area contributed by atoms with E-state index in [9.17, 15) is 4.79 Å². The van der Waals surface area contributed by atoms with Gasteiger partial charge in [0.1, 0.15) is 0 Å². The molecule has 1 fully saturated rings. The average Bonchev–Trinajstić information content (AvgIpc) is 2.82. The van der Waals surface area contributed by atoms with E-state index in [0.717, 1.165) is 32.7 Å². The number of halogens is 2. The van der Waals surface area contributed by atoms with Crippen LogP contribution in [0, 0.1) is 0 Å². The van der Waals surface area contributed by atoms with Crippen LogP contribution in [0.4, 0.5) is 0 Å². The van der Waals surface area contributed by atoms with Crippen molar-refractivity contribution in [3.8, 4) is 0 Å². The van der Waals surface area contributed by atoms with Crippen molar-refractivity contribution < 1.29 is 4.79 Å². The Morgan fingerprint density at radius 1 is 1.28 bits per heavy atom. The van der Waals surface area contributed by atoms with Crippen LogP contribution in [-0.2, 0) is 11.3 Å². The third-order valence-corrected chi connectivity index (χ3v) is 3.72. The van der Waals surface area contributed by atoms with Gasteiger partial charge in [-0.05, 0) is 11.4 Å². The minimum absolute atomic E-state index is 0. The molecule has 0 radical (unpaired) electrons. The highest BCUT2D eigenvalue weighted by Crippen LogP contribution is 2.13. The molecule has 1 amide bonds. The summed E-state index contributed by atoms with van der Waals surface area (Å²) in [6, 6.07) is 4.23. The van der Waals surface area contributed by atoms with Crippen molar-refractivity contribution in [2.45, 2.75) is 6.54 Å². The number of carbonyl (C=O) groups is 1. The number of nitrogens with zero attached hydrogens (tertiary/aromatic N) is 2. The van der Waals surface area contributed by atoms with E-state index in [1.54, 1.807) is 11.3 Å². The summed E-state index contributed by atoms with van der Waals surface area (Å²) in [5.41, 5.74) is 5.34. The first kappa shape index (κ1) is 17.7. The molecule has 0 atom stereocenters. The zero-order chi connectivity index (χ0) is 11.4. The first-order valence-corrected chi connectivity index (χ1v) is 6.40. The van der Waals surface area contributed by atoms with Gasteiger partial charge in [0.05, 0.1) is 6.54 Å². The normalized spacial score (nSPS) is 15.7. The molecule has 18 heavy (non-hydrogen) atoms. The number of nitrogens with two attached hydrogens (primary N) is 1. The lowest BCUT2D eigenvalue weighted by Crippen LogP contribution is -2.49. The van der Waals surface area contributed by atoms with E-state index in [1.165, 1.54) is 4.88 Å². The Kier molecular flexibility index (Phi) is 8.56. The van der Waals surface area contributed by atoms with Crippen molar-refractivity contribution in [3.63, 3.8) is 0 Å². The van der Waals surface area contributed by atoms with E-state index in [0.29, 0.717) is 0 Å². The van der Waals surface area contributed by atoms with Crippen molar-refractivity contribution in [1.82, 2.24) is 9.80 Å². The number of hydrogen-bond acceptors (Lipinski definition) is 4. The summed E-state index contributed by atoms with van der Waals surface area (Å²) in [7, 11) is 0. The maximum absolute atomic E-state index is 11.4. The molecule has 1 aliphatic heterocycles. The summed E-state index contributed by atoms with van der Waals surface area (Å²) in [5.74, 6) is 0.0655. The molecule has 0 bridgehead atoms. The van der Waals surface area contributed by atoms with Crippen molar-refractivity contribution in [1.29, 1.82) is 0 Å². The number of hydrogen-bond donors (Lipinski definition) is 1. The molecule has 1 aromatic rings. The largest absolute Gasteiger partial charge is 0.339 e. The maximum atomic E-state index is 11.4. The van der Waals surface area contributed by atoms with Gasteiger partial charge in [0, 0.05) is 37.6 Å². The molecule has 2 rings (SSSR count). The molecule has 104 valence electrons. The minimum Gasteiger partial charge on any atom is -0.339 e. The number of amides is 1. The topological polar surface area (TPSA) is 49.6 Å². The number of piperazine rings is 1. The number of thiophene rings is 1. The highest BCUT2D eigenvalue weighted by molar-refractivity contribution is 7.09. The Labute approximate surface area is 124 Å². The van der Waals surface area contributed by atoms with Gasteiger partial charge in [0.25, 0.3) is 0 Å². The second kappa shape index (κ2) is 8.72. The summed E-state index contributed by atoms with van der Waals surface area (Å²) in [5, 5.41) is 2.10. The SMILES string of the molecule is Cl.Cl.NCC(=O)N1CCN(Cc2cccs2)CC1. The number of rotatable bonds is 3. The maximum Gasteiger partial charge on any atom is 0.236 e. The van der Waals surface area contributed by atoms with Gasteiger partial charge in [0.15, 0.2) is 0 Å². The highest BCUT2D eigenvalue weighted by Gasteiger charge is 2.19. The Hall–Kier alpha value is -0.330. The Morgan fingerprint density at radius 2 is 1.94 bits per heavy atom. The number of carbonyl (C=O) groups excluding carboxylic acids is 1. The lowest BCUT2D eigenvalue weighted by Gasteiger charge is -2.34. The predicted molar refractivity (Wildman–Crippen MR) is 79.7 cm³/mol. The fraction of sp³-hybridized carbons (Fsp3) is 0.545. The average molecular weight is 312 g/mol. The van der Waals surface area contributed by atoms with Gasteiger partial charge in [-0.15, -0.1) is 36.2 Å². The molecule has 0 saturated carbocycles. The van der Waals surface area contributed by atoms with E-state index in [-0.39, 0.29) is 37.3 Å². The van der Waals surface area contributed by atoms with Gasteiger partial charge in [-0.25, -0.2) is 0 Å². The molecule has 2 N–H and O–H groups in total. The van der Waals surface area contributed by atoms with Crippen molar-refractivity contribution >= 4 is 42.1 Å². The van der Waals surface area contributed by atoms with E-state index in [4.69, 9.17) is 5.73 Å².